The van der Waals surface area contributed by atoms with Gasteiger partial charge in [0.2, 0.25) is 0 Å². The molecule has 3 heterocycles. The van der Waals surface area contributed by atoms with E-state index in [0.717, 1.165) is 93.5 Å². The molecule has 0 radical (unpaired) electrons. The Bertz CT molecular complexity index is 1280. The Morgan fingerprint density at radius 3 is 2.49 bits per heavy atom. The predicted octanol–water partition coefficient (Wildman–Crippen LogP) is 6.40. The van der Waals surface area contributed by atoms with Crippen molar-refractivity contribution in [3.05, 3.63) is 40.5 Å². The van der Waals surface area contributed by atoms with Crippen molar-refractivity contribution in [2.24, 2.45) is 11.8 Å². The lowest BCUT2D eigenvalue weighted by Gasteiger charge is -2.30. The number of carbonyl (C=O) groups excluding carboxylic acids is 1. The van der Waals surface area contributed by atoms with E-state index in [0.29, 0.717) is 26.6 Å². The van der Waals surface area contributed by atoms with Gasteiger partial charge in [-0.05, 0) is 80.7 Å². The third-order valence-corrected chi connectivity index (χ3v) is 10.5. The van der Waals surface area contributed by atoms with Crippen LogP contribution in [0.25, 0.3) is 17.4 Å². The van der Waals surface area contributed by atoms with Gasteiger partial charge in [-0.3, -0.25) is 14.6 Å². The van der Waals surface area contributed by atoms with Gasteiger partial charge in [0.05, 0.1) is 32.3 Å². The van der Waals surface area contributed by atoms with Crippen LogP contribution in [0.3, 0.4) is 0 Å². The normalized spacial score (nSPS) is 25.6. The lowest BCUT2D eigenvalue weighted by molar-refractivity contribution is -0.124. The molecule has 2 saturated heterocycles. The van der Waals surface area contributed by atoms with Gasteiger partial charge in [-0.1, -0.05) is 36.8 Å². The summed E-state index contributed by atoms with van der Waals surface area (Å²) < 4.78 is 23.6. The number of thioether (sulfide) groups is 1. The van der Waals surface area contributed by atoms with Crippen LogP contribution in [0, 0.1) is 11.8 Å². The first-order chi connectivity index (χ1) is 20.0. The molecule has 0 spiro atoms. The molecular weight excluding hydrogens is 556 g/mol. The van der Waals surface area contributed by atoms with Gasteiger partial charge < -0.3 is 18.6 Å². The summed E-state index contributed by atoms with van der Waals surface area (Å²) in [5.41, 5.74) is 1.99. The molecule has 7 nitrogen and oxygen atoms in total. The monoisotopic (exact) mass is 596 g/mol. The number of furan rings is 1. The van der Waals surface area contributed by atoms with E-state index < -0.39 is 0 Å². The van der Waals surface area contributed by atoms with Crippen molar-refractivity contribution in [1.29, 1.82) is 0 Å². The molecule has 1 aromatic heterocycles. The van der Waals surface area contributed by atoms with Crippen LogP contribution in [0.15, 0.2) is 33.6 Å². The molecule has 2 aromatic rings. The summed E-state index contributed by atoms with van der Waals surface area (Å²) in [4.78, 5) is 18.7. The number of carbonyl (C=O) groups is 1. The van der Waals surface area contributed by atoms with Crippen molar-refractivity contribution < 1.29 is 23.4 Å². The number of hydrogen-bond donors (Lipinski definition) is 0. The van der Waals surface area contributed by atoms with Gasteiger partial charge in [0, 0.05) is 36.8 Å². The summed E-state index contributed by atoms with van der Waals surface area (Å²) in [7, 11) is 3.29. The lowest BCUT2D eigenvalue weighted by atomic mass is 9.94. The summed E-state index contributed by atoms with van der Waals surface area (Å²) in [5, 5.41) is 0. The number of nitrogens with zero attached hydrogens (tertiary/aromatic N) is 2. The van der Waals surface area contributed by atoms with Crippen molar-refractivity contribution in [3.63, 3.8) is 0 Å². The zero-order valence-electron chi connectivity index (χ0n) is 24.1. The van der Waals surface area contributed by atoms with E-state index in [4.69, 9.17) is 30.8 Å². The first kappa shape index (κ1) is 28.8. The topological polar surface area (TPSA) is 64.4 Å². The van der Waals surface area contributed by atoms with Crippen LogP contribution in [0.4, 0.5) is 0 Å². The summed E-state index contributed by atoms with van der Waals surface area (Å²) in [6.07, 6.45) is 11.0. The quantitative estimate of drug-likeness (QED) is 0.168. The Balaban J connectivity index is 1.21. The second kappa shape index (κ2) is 12.9. The number of thiocarbonyl (C=S) groups is 1. The highest BCUT2D eigenvalue weighted by Gasteiger charge is 2.48. The van der Waals surface area contributed by atoms with Crippen molar-refractivity contribution in [2.75, 3.05) is 47.1 Å². The van der Waals surface area contributed by atoms with E-state index in [1.165, 1.54) is 31.0 Å². The van der Waals surface area contributed by atoms with Gasteiger partial charge in [-0.25, -0.2) is 0 Å². The molecule has 4 aliphatic rings. The number of ether oxygens (including phenoxy) is 3. The fraction of sp³-hybridized carbons (Fsp3) is 0.562. The molecule has 2 aliphatic heterocycles. The van der Waals surface area contributed by atoms with Crippen molar-refractivity contribution in [3.8, 4) is 22.8 Å². The third-order valence-electron chi connectivity index (χ3n) is 9.12. The van der Waals surface area contributed by atoms with E-state index in [1.807, 2.05) is 29.2 Å². The summed E-state index contributed by atoms with van der Waals surface area (Å²) in [6, 6.07) is 8.12. The average Bonchev–Trinajstić information content (AvgIpc) is 3.78. The van der Waals surface area contributed by atoms with E-state index in [-0.39, 0.29) is 11.9 Å². The number of morpholine rings is 1. The standard InChI is InChI=1S/C32H40N2O5S2/c1-36-25-16-24(17-26(19-25)37-2)28-18-23(6-4-3-5-9-33-10-12-38-13-11-33)29(39-28)20-30-31(35)34(32(40)41-30)27-15-21-7-8-22(27)14-21/h16-22,27H,3-15H2,1-2H3/b30-20-. The second-order valence-corrected chi connectivity index (χ2v) is 13.3. The van der Waals surface area contributed by atoms with Crippen LogP contribution in [0.1, 0.15) is 56.3 Å². The number of aryl methyl sites for hydroxylation is 1. The molecule has 6 rings (SSSR count). The highest BCUT2D eigenvalue weighted by Crippen LogP contribution is 2.49. The zero-order valence-corrected chi connectivity index (χ0v) is 25.7. The number of fused-ring (bicyclic) bond motifs is 2. The maximum Gasteiger partial charge on any atom is 0.266 e. The van der Waals surface area contributed by atoms with Gasteiger partial charge in [0.25, 0.3) is 5.91 Å². The van der Waals surface area contributed by atoms with E-state index >= 15 is 0 Å². The summed E-state index contributed by atoms with van der Waals surface area (Å²) in [6.45, 7) is 4.84. The number of rotatable bonds is 11. The van der Waals surface area contributed by atoms with Crippen molar-refractivity contribution in [1.82, 2.24) is 9.80 Å². The van der Waals surface area contributed by atoms with Gasteiger partial charge in [0.1, 0.15) is 27.3 Å². The summed E-state index contributed by atoms with van der Waals surface area (Å²) >= 11 is 7.16. The lowest BCUT2D eigenvalue weighted by Crippen LogP contribution is -2.41. The van der Waals surface area contributed by atoms with Gasteiger partial charge >= 0.3 is 0 Å². The predicted molar refractivity (Wildman–Crippen MR) is 166 cm³/mol. The molecule has 2 aliphatic carbocycles. The minimum atomic E-state index is 0.0370. The smallest absolute Gasteiger partial charge is 0.266 e. The minimum Gasteiger partial charge on any atom is -0.497 e. The highest BCUT2D eigenvalue weighted by atomic mass is 32.2. The zero-order chi connectivity index (χ0) is 28.3. The van der Waals surface area contributed by atoms with Crippen LogP contribution >= 0.6 is 24.0 Å². The molecule has 4 fully saturated rings. The highest BCUT2D eigenvalue weighted by molar-refractivity contribution is 8.26. The minimum absolute atomic E-state index is 0.0370. The molecule has 3 atom stereocenters. The average molecular weight is 597 g/mol. The van der Waals surface area contributed by atoms with Gasteiger partial charge in [0.15, 0.2) is 0 Å². The Labute approximate surface area is 252 Å². The number of benzene rings is 1. The van der Waals surface area contributed by atoms with Crippen LogP contribution in [-0.4, -0.2) is 73.1 Å². The Morgan fingerprint density at radius 2 is 1.80 bits per heavy atom. The molecule has 1 amide bonds. The third kappa shape index (κ3) is 6.38. The first-order valence-electron chi connectivity index (χ1n) is 15.0. The number of methoxy groups -OCH3 is 2. The molecule has 220 valence electrons. The SMILES string of the molecule is COc1cc(OC)cc(-c2cc(CCCCCN3CCOCC3)c(/C=C3\SC(=S)N(C4CC5CCC4C5)C3=O)o2)c1. The molecule has 0 N–H and O–H groups in total. The number of unbranched alkanes of at least 4 members (excludes halogenated alkanes) is 2. The van der Waals surface area contributed by atoms with Crippen LogP contribution in [0.5, 0.6) is 11.5 Å². The molecular formula is C32H40N2O5S2. The van der Waals surface area contributed by atoms with Gasteiger partial charge in [-0.2, -0.15) is 0 Å². The van der Waals surface area contributed by atoms with E-state index in [9.17, 15) is 4.79 Å². The Morgan fingerprint density at radius 1 is 1.02 bits per heavy atom. The Kier molecular flexibility index (Phi) is 9.05. The number of hydrogen-bond acceptors (Lipinski definition) is 8. The van der Waals surface area contributed by atoms with E-state index in [2.05, 4.69) is 11.0 Å². The molecule has 9 heteroatoms. The van der Waals surface area contributed by atoms with Crippen molar-refractivity contribution in [2.45, 2.75) is 57.4 Å². The fourth-order valence-corrected chi connectivity index (χ4v) is 8.26. The second-order valence-electron chi connectivity index (χ2n) is 11.7. The Hall–Kier alpha value is -2.33. The first-order valence-corrected chi connectivity index (χ1v) is 16.2. The molecule has 2 saturated carbocycles. The van der Waals surface area contributed by atoms with E-state index in [1.54, 1.807) is 14.2 Å². The van der Waals surface area contributed by atoms with Crippen LogP contribution in [0.2, 0.25) is 0 Å². The van der Waals surface area contributed by atoms with Gasteiger partial charge in [-0.15, -0.1) is 0 Å². The van der Waals surface area contributed by atoms with Crippen LogP contribution < -0.4 is 9.47 Å². The molecule has 2 bridgehead atoms. The molecule has 41 heavy (non-hydrogen) atoms. The molecule has 1 aromatic carbocycles. The van der Waals surface area contributed by atoms with Crippen molar-refractivity contribution >= 4 is 40.3 Å². The maximum atomic E-state index is 13.6. The summed E-state index contributed by atoms with van der Waals surface area (Å²) in [5.74, 6) is 4.26. The molecule has 3 unspecified atom stereocenters. The number of amides is 1. The van der Waals surface area contributed by atoms with Crippen LogP contribution in [-0.2, 0) is 16.0 Å². The largest absolute Gasteiger partial charge is 0.497 e. The fourth-order valence-electron chi connectivity index (χ4n) is 6.92. The maximum absolute atomic E-state index is 13.6.